The van der Waals surface area contributed by atoms with Crippen LogP contribution in [-0.2, 0) is 6.18 Å². The summed E-state index contributed by atoms with van der Waals surface area (Å²) in [5.41, 5.74) is 0.269. The Hall–Kier alpha value is -3.72. The van der Waals surface area contributed by atoms with Crippen molar-refractivity contribution in [3.8, 4) is 5.75 Å². The van der Waals surface area contributed by atoms with Gasteiger partial charge in [-0.05, 0) is 42.0 Å². The van der Waals surface area contributed by atoms with E-state index >= 15 is 0 Å². The second-order valence-corrected chi connectivity index (χ2v) is 7.69. The molecule has 9 heteroatoms. The third-order valence-corrected chi connectivity index (χ3v) is 5.51. The summed E-state index contributed by atoms with van der Waals surface area (Å²) >= 11 is 1.18. The molecule has 0 N–H and O–H groups in total. The fourth-order valence-corrected chi connectivity index (χ4v) is 3.86. The van der Waals surface area contributed by atoms with E-state index in [9.17, 15) is 18.0 Å². The standard InChI is InChI=1S/C23H16F3N3O2S/c1-31-18-10-11-19-20(13-18)32-22(28-19)29(27-14-15-6-3-2-4-7-15)21(30)16-8-5-9-17(12-16)23(24,25)26/h2-14H,1H3/b27-14+. The highest BCUT2D eigenvalue weighted by Gasteiger charge is 2.32. The lowest BCUT2D eigenvalue weighted by Gasteiger charge is -2.15. The molecule has 32 heavy (non-hydrogen) atoms. The molecule has 1 aromatic heterocycles. The van der Waals surface area contributed by atoms with Crippen molar-refractivity contribution in [3.05, 3.63) is 89.5 Å². The van der Waals surface area contributed by atoms with Crippen molar-refractivity contribution in [2.24, 2.45) is 5.10 Å². The number of hydrogen-bond acceptors (Lipinski definition) is 5. The summed E-state index contributed by atoms with van der Waals surface area (Å²) in [7, 11) is 1.54. The molecule has 0 bridgehead atoms. The zero-order valence-electron chi connectivity index (χ0n) is 16.7. The molecule has 0 fully saturated rings. The molecule has 4 rings (SSSR count). The van der Waals surface area contributed by atoms with Crippen LogP contribution >= 0.6 is 11.3 Å². The number of nitrogens with zero attached hydrogens (tertiary/aromatic N) is 3. The Balaban J connectivity index is 1.77. The number of rotatable bonds is 5. The van der Waals surface area contributed by atoms with Crippen molar-refractivity contribution in [1.82, 2.24) is 4.98 Å². The van der Waals surface area contributed by atoms with E-state index in [2.05, 4.69) is 10.1 Å². The minimum Gasteiger partial charge on any atom is -0.497 e. The van der Waals surface area contributed by atoms with Gasteiger partial charge >= 0.3 is 6.18 Å². The van der Waals surface area contributed by atoms with Crippen LogP contribution in [0, 0.1) is 0 Å². The van der Waals surface area contributed by atoms with Crippen LogP contribution in [0.3, 0.4) is 0 Å². The molecule has 0 atom stereocenters. The molecule has 0 saturated carbocycles. The van der Waals surface area contributed by atoms with E-state index in [-0.39, 0.29) is 10.7 Å². The first kappa shape index (κ1) is 21.5. The maximum atomic E-state index is 13.2. The molecular formula is C23H16F3N3O2S. The molecule has 0 radical (unpaired) electrons. The maximum absolute atomic E-state index is 13.2. The van der Waals surface area contributed by atoms with E-state index in [1.807, 2.05) is 18.2 Å². The van der Waals surface area contributed by atoms with Crippen LogP contribution in [-0.4, -0.2) is 24.2 Å². The molecule has 0 spiro atoms. The zero-order valence-corrected chi connectivity index (χ0v) is 17.5. The lowest BCUT2D eigenvalue weighted by Crippen LogP contribution is -2.26. The number of methoxy groups -OCH3 is 1. The quantitative estimate of drug-likeness (QED) is 0.274. The molecule has 1 heterocycles. The molecule has 0 aliphatic carbocycles. The smallest absolute Gasteiger partial charge is 0.416 e. The van der Waals surface area contributed by atoms with Crippen LogP contribution < -0.4 is 9.75 Å². The number of anilines is 1. The Bertz CT molecular complexity index is 1290. The topological polar surface area (TPSA) is 54.8 Å². The number of thiazole rings is 1. The minimum absolute atomic E-state index is 0.151. The Morgan fingerprint density at radius 3 is 2.56 bits per heavy atom. The monoisotopic (exact) mass is 455 g/mol. The second kappa shape index (κ2) is 8.80. The summed E-state index contributed by atoms with van der Waals surface area (Å²) in [6.45, 7) is 0. The number of halogens is 3. The molecule has 3 aromatic carbocycles. The highest BCUT2D eigenvalue weighted by molar-refractivity contribution is 7.22. The first-order chi connectivity index (χ1) is 15.3. The van der Waals surface area contributed by atoms with E-state index in [4.69, 9.17) is 4.74 Å². The molecule has 1 amide bonds. The molecule has 5 nitrogen and oxygen atoms in total. The summed E-state index contributed by atoms with van der Waals surface area (Å²) in [6.07, 6.45) is -3.11. The van der Waals surface area contributed by atoms with Crippen LogP contribution in [0.15, 0.2) is 77.9 Å². The van der Waals surface area contributed by atoms with E-state index in [0.717, 1.165) is 27.4 Å². The van der Waals surface area contributed by atoms with E-state index in [1.165, 1.54) is 36.8 Å². The van der Waals surface area contributed by atoms with Gasteiger partial charge in [0.15, 0.2) is 0 Å². The van der Waals surface area contributed by atoms with Crippen LogP contribution in [0.1, 0.15) is 21.5 Å². The van der Waals surface area contributed by atoms with Crippen LogP contribution in [0.25, 0.3) is 10.2 Å². The Labute approximate surface area is 185 Å². The largest absolute Gasteiger partial charge is 0.497 e. The van der Waals surface area contributed by atoms with Crippen LogP contribution in [0.5, 0.6) is 5.75 Å². The van der Waals surface area contributed by atoms with Gasteiger partial charge in [0.05, 0.1) is 29.1 Å². The number of benzene rings is 3. The van der Waals surface area contributed by atoms with Gasteiger partial charge in [-0.3, -0.25) is 4.79 Å². The van der Waals surface area contributed by atoms with Gasteiger partial charge in [-0.15, -0.1) is 0 Å². The summed E-state index contributed by atoms with van der Waals surface area (Å²) < 4.78 is 45.4. The molecule has 0 aliphatic heterocycles. The lowest BCUT2D eigenvalue weighted by molar-refractivity contribution is -0.137. The minimum atomic E-state index is -4.57. The molecule has 0 aliphatic rings. The van der Waals surface area contributed by atoms with Gasteiger partial charge in [-0.2, -0.15) is 23.3 Å². The zero-order chi connectivity index (χ0) is 22.7. The van der Waals surface area contributed by atoms with Crippen molar-refractivity contribution >= 4 is 38.8 Å². The molecule has 162 valence electrons. The number of fused-ring (bicyclic) bond motifs is 1. The van der Waals surface area contributed by atoms with Crippen molar-refractivity contribution in [2.45, 2.75) is 6.18 Å². The van der Waals surface area contributed by atoms with Gasteiger partial charge in [0.25, 0.3) is 5.91 Å². The first-order valence-corrected chi connectivity index (χ1v) is 10.2. The van der Waals surface area contributed by atoms with Gasteiger partial charge in [0.1, 0.15) is 5.75 Å². The normalized spacial score (nSPS) is 11.8. The molecule has 4 aromatic rings. The number of alkyl halides is 3. The molecular weight excluding hydrogens is 439 g/mol. The molecule has 0 saturated heterocycles. The predicted molar refractivity (Wildman–Crippen MR) is 118 cm³/mol. The summed E-state index contributed by atoms with van der Waals surface area (Å²) in [4.78, 5) is 17.7. The predicted octanol–water partition coefficient (Wildman–Crippen LogP) is 6.00. The molecule has 0 unspecified atom stereocenters. The van der Waals surface area contributed by atoms with Gasteiger partial charge in [-0.25, -0.2) is 4.98 Å². The number of aromatic nitrogens is 1. The van der Waals surface area contributed by atoms with Gasteiger partial charge in [0.2, 0.25) is 5.13 Å². The lowest BCUT2D eigenvalue weighted by atomic mass is 10.1. The highest BCUT2D eigenvalue weighted by atomic mass is 32.1. The average molecular weight is 455 g/mol. The van der Waals surface area contributed by atoms with E-state index in [1.54, 1.807) is 30.3 Å². The van der Waals surface area contributed by atoms with Gasteiger partial charge in [0, 0.05) is 5.56 Å². The fourth-order valence-electron chi connectivity index (χ4n) is 2.91. The van der Waals surface area contributed by atoms with Crippen molar-refractivity contribution in [1.29, 1.82) is 0 Å². The number of carbonyl (C=O) groups is 1. The highest BCUT2D eigenvalue weighted by Crippen LogP contribution is 2.33. The van der Waals surface area contributed by atoms with Gasteiger partial charge in [-0.1, -0.05) is 47.7 Å². The second-order valence-electron chi connectivity index (χ2n) is 6.68. The van der Waals surface area contributed by atoms with E-state index < -0.39 is 17.6 Å². The maximum Gasteiger partial charge on any atom is 0.416 e. The number of carbonyl (C=O) groups excluding carboxylic acids is 1. The Morgan fingerprint density at radius 1 is 1.06 bits per heavy atom. The summed E-state index contributed by atoms with van der Waals surface area (Å²) in [5, 5.41) is 5.50. The van der Waals surface area contributed by atoms with Crippen molar-refractivity contribution < 1.29 is 22.7 Å². The Kier molecular flexibility index (Phi) is 5.91. The third-order valence-electron chi connectivity index (χ3n) is 4.52. The SMILES string of the molecule is COc1ccc2nc(N(/N=C/c3ccccc3)C(=O)c3cccc(C(F)(F)F)c3)sc2c1. The van der Waals surface area contributed by atoms with Crippen molar-refractivity contribution in [3.63, 3.8) is 0 Å². The van der Waals surface area contributed by atoms with E-state index in [0.29, 0.717) is 11.3 Å². The van der Waals surface area contributed by atoms with Crippen LogP contribution in [0.4, 0.5) is 18.3 Å². The van der Waals surface area contributed by atoms with Crippen molar-refractivity contribution in [2.75, 3.05) is 12.1 Å². The summed E-state index contributed by atoms with van der Waals surface area (Å²) in [6, 6.07) is 18.5. The fraction of sp³-hybridized carbons (Fsp3) is 0.0870. The number of amides is 1. The number of ether oxygens (including phenoxy) is 1. The Morgan fingerprint density at radius 2 is 1.84 bits per heavy atom. The average Bonchev–Trinajstić information content (AvgIpc) is 3.22. The number of hydrogen-bond donors (Lipinski definition) is 0. The van der Waals surface area contributed by atoms with Crippen LogP contribution in [0.2, 0.25) is 0 Å². The summed E-state index contributed by atoms with van der Waals surface area (Å²) in [5.74, 6) is -0.106. The van der Waals surface area contributed by atoms with Gasteiger partial charge < -0.3 is 4.74 Å². The first-order valence-electron chi connectivity index (χ1n) is 9.40. The third kappa shape index (κ3) is 4.62. The number of hydrazone groups is 1.